The summed E-state index contributed by atoms with van der Waals surface area (Å²) in [5, 5.41) is 13.0. The zero-order valence-corrected chi connectivity index (χ0v) is 13.5. The van der Waals surface area contributed by atoms with E-state index in [-0.39, 0.29) is 12.1 Å². The molecule has 0 aromatic heterocycles. The third-order valence-corrected chi connectivity index (χ3v) is 4.21. The van der Waals surface area contributed by atoms with Crippen molar-refractivity contribution in [1.29, 1.82) is 0 Å². The molecule has 0 bridgehead atoms. The lowest BCUT2D eigenvalue weighted by Gasteiger charge is -2.33. The highest BCUT2D eigenvalue weighted by Crippen LogP contribution is 2.26. The van der Waals surface area contributed by atoms with Gasteiger partial charge in [-0.1, -0.05) is 28.1 Å². The van der Waals surface area contributed by atoms with Crippen LogP contribution in [0.4, 0.5) is 4.79 Å². The minimum Gasteiger partial charge on any atom is -0.388 e. The molecule has 1 saturated heterocycles. The average molecular weight is 341 g/mol. The molecule has 1 aliphatic rings. The van der Waals surface area contributed by atoms with Gasteiger partial charge in [-0.15, -0.1) is 0 Å². The van der Waals surface area contributed by atoms with Crippen LogP contribution in [0.5, 0.6) is 0 Å². The molecule has 1 atom stereocenters. The largest absolute Gasteiger partial charge is 0.388 e. The van der Waals surface area contributed by atoms with Crippen molar-refractivity contribution in [2.75, 3.05) is 6.54 Å². The number of carbonyl (C=O) groups excluding carboxylic acids is 1. The standard InChI is InChI=1S/C15H21BrN2O2/c1-15(2,20)13-4-3-9-18(13)14(19)17-10-11-5-7-12(16)8-6-11/h5-8,13,20H,3-4,9-10H2,1-2H3,(H,17,19). The number of aliphatic hydroxyl groups is 1. The van der Waals surface area contributed by atoms with Crippen molar-refractivity contribution in [3.8, 4) is 0 Å². The van der Waals surface area contributed by atoms with Gasteiger partial charge in [0, 0.05) is 17.6 Å². The fourth-order valence-corrected chi connectivity index (χ4v) is 2.89. The Labute approximate surface area is 128 Å². The Kier molecular flexibility index (Phi) is 4.70. The van der Waals surface area contributed by atoms with Crippen LogP contribution < -0.4 is 5.32 Å². The summed E-state index contributed by atoms with van der Waals surface area (Å²) >= 11 is 3.39. The highest BCUT2D eigenvalue weighted by atomic mass is 79.9. The van der Waals surface area contributed by atoms with Crippen molar-refractivity contribution in [2.24, 2.45) is 0 Å². The van der Waals surface area contributed by atoms with Crippen molar-refractivity contribution in [2.45, 2.75) is 44.9 Å². The van der Waals surface area contributed by atoms with Gasteiger partial charge in [-0.3, -0.25) is 0 Å². The molecule has 0 aliphatic carbocycles. The van der Waals surface area contributed by atoms with E-state index in [0.717, 1.165) is 22.9 Å². The van der Waals surface area contributed by atoms with E-state index in [4.69, 9.17) is 0 Å². The molecular weight excluding hydrogens is 320 g/mol. The molecule has 0 saturated carbocycles. The summed E-state index contributed by atoms with van der Waals surface area (Å²) < 4.78 is 1.02. The first-order valence-electron chi connectivity index (χ1n) is 6.89. The lowest BCUT2D eigenvalue weighted by atomic mass is 9.97. The number of carbonyl (C=O) groups is 1. The van der Waals surface area contributed by atoms with Gasteiger partial charge in [-0.2, -0.15) is 0 Å². The van der Waals surface area contributed by atoms with Crippen molar-refractivity contribution in [3.63, 3.8) is 0 Å². The minimum atomic E-state index is -0.856. The third kappa shape index (κ3) is 3.73. The number of urea groups is 1. The van der Waals surface area contributed by atoms with E-state index in [1.54, 1.807) is 18.7 Å². The quantitative estimate of drug-likeness (QED) is 0.888. The second-order valence-corrected chi connectivity index (χ2v) is 6.71. The number of rotatable bonds is 3. The summed E-state index contributed by atoms with van der Waals surface area (Å²) in [4.78, 5) is 14.0. The number of hydrogen-bond acceptors (Lipinski definition) is 2. The Morgan fingerprint density at radius 2 is 2.10 bits per heavy atom. The van der Waals surface area contributed by atoms with Crippen LogP contribution in [0, 0.1) is 0 Å². The summed E-state index contributed by atoms with van der Waals surface area (Å²) in [7, 11) is 0. The van der Waals surface area contributed by atoms with E-state index in [2.05, 4.69) is 21.2 Å². The fourth-order valence-electron chi connectivity index (χ4n) is 2.63. The molecule has 2 rings (SSSR count). The first-order valence-corrected chi connectivity index (χ1v) is 7.68. The Bertz CT molecular complexity index is 468. The van der Waals surface area contributed by atoms with Gasteiger partial charge in [0.2, 0.25) is 0 Å². The van der Waals surface area contributed by atoms with Gasteiger partial charge in [0.25, 0.3) is 0 Å². The Balaban J connectivity index is 1.93. The molecule has 110 valence electrons. The number of likely N-dealkylation sites (tertiary alicyclic amines) is 1. The molecule has 0 radical (unpaired) electrons. The summed E-state index contributed by atoms with van der Waals surface area (Å²) in [5.41, 5.74) is 0.200. The number of amides is 2. The van der Waals surface area contributed by atoms with Crippen molar-refractivity contribution in [1.82, 2.24) is 10.2 Å². The molecule has 4 nitrogen and oxygen atoms in total. The third-order valence-electron chi connectivity index (χ3n) is 3.69. The topological polar surface area (TPSA) is 52.6 Å². The number of halogens is 1. The van der Waals surface area contributed by atoms with Crippen LogP contribution in [0.15, 0.2) is 28.7 Å². The lowest BCUT2D eigenvalue weighted by molar-refractivity contribution is 0.00979. The Hall–Kier alpha value is -1.07. The Morgan fingerprint density at radius 1 is 1.45 bits per heavy atom. The van der Waals surface area contributed by atoms with Crippen LogP contribution in [0.2, 0.25) is 0 Å². The molecule has 0 spiro atoms. The predicted octanol–water partition coefficient (Wildman–Crippen LogP) is 2.89. The van der Waals surface area contributed by atoms with E-state index in [0.29, 0.717) is 13.1 Å². The maximum absolute atomic E-state index is 12.2. The number of hydrogen-bond donors (Lipinski definition) is 2. The highest BCUT2D eigenvalue weighted by Gasteiger charge is 2.38. The second kappa shape index (κ2) is 6.14. The van der Waals surface area contributed by atoms with Gasteiger partial charge in [0.15, 0.2) is 0 Å². The number of nitrogens with zero attached hydrogens (tertiary/aromatic N) is 1. The van der Waals surface area contributed by atoms with Gasteiger partial charge >= 0.3 is 6.03 Å². The van der Waals surface area contributed by atoms with Gasteiger partial charge in [0.05, 0.1) is 11.6 Å². The maximum atomic E-state index is 12.2. The first-order chi connectivity index (χ1) is 9.38. The monoisotopic (exact) mass is 340 g/mol. The smallest absolute Gasteiger partial charge is 0.318 e. The van der Waals surface area contributed by atoms with Crippen LogP contribution in [-0.2, 0) is 6.54 Å². The zero-order chi connectivity index (χ0) is 14.8. The SMILES string of the molecule is CC(C)(O)C1CCCN1C(=O)NCc1ccc(Br)cc1. The van der Waals surface area contributed by atoms with Crippen molar-refractivity contribution < 1.29 is 9.90 Å². The second-order valence-electron chi connectivity index (χ2n) is 5.79. The van der Waals surface area contributed by atoms with Gasteiger partial charge in [-0.05, 0) is 44.4 Å². The molecule has 1 unspecified atom stereocenters. The normalized spacial score (nSPS) is 19.2. The van der Waals surface area contributed by atoms with Gasteiger partial charge in [0.1, 0.15) is 0 Å². The summed E-state index contributed by atoms with van der Waals surface area (Å²) in [5.74, 6) is 0. The maximum Gasteiger partial charge on any atom is 0.318 e. The molecule has 20 heavy (non-hydrogen) atoms. The fraction of sp³-hybridized carbons (Fsp3) is 0.533. The van der Waals surface area contributed by atoms with E-state index in [1.165, 1.54) is 0 Å². The minimum absolute atomic E-state index is 0.0995. The van der Waals surface area contributed by atoms with Crippen LogP contribution >= 0.6 is 15.9 Å². The highest BCUT2D eigenvalue weighted by molar-refractivity contribution is 9.10. The van der Waals surface area contributed by atoms with E-state index in [1.807, 2.05) is 24.3 Å². The van der Waals surface area contributed by atoms with Crippen LogP contribution in [0.25, 0.3) is 0 Å². The van der Waals surface area contributed by atoms with Crippen LogP contribution in [0.1, 0.15) is 32.3 Å². The molecule has 5 heteroatoms. The lowest BCUT2D eigenvalue weighted by Crippen LogP contribution is -2.51. The molecule has 2 amide bonds. The van der Waals surface area contributed by atoms with Crippen molar-refractivity contribution in [3.05, 3.63) is 34.3 Å². The van der Waals surface area contributed by atoms with E-state index in [9.17, 15) is 9.90 Å². The van der Waals surface area contributed by atoms with E-state index >= 15 is 0 Å². The first kappa shape index (κ1) is 15.3. The summed E-state index contributed by atoms with van der Waals surface area (Å²) in [6, 6.07) is 7.65. The van der Waals surface area contributed by atoms with Crippen LogP contribution in [0.3, 0.4) is 0 Å². The van der Waals surface area contributed by atoms with Crippen molar-refractivity contribution >= 4 is 22.0 Å². The predicted molar refractivity (Wildman–Crippen MR) is 82.4 cm³/mol. The molecule has 1 aliphatic heterocycles. The molecule has 1 heterocycles. The number of benzene rings is 1. The average Bonchev–Trinajstić information content (AvgIpc) is 2.87. The van der Waals surface area contributed by atoms with Gasteiger partial charge < -0.3 is 15.3 Å². The summed E-state index contributed by atoms with van der Waals surface area (Å²) in [6.07, 6.45) is 1.80. The van der Waals surface area contributed by atoms with Gasteiger partial charge in [-0.25, -0.2) is 4.79 Å². The molecular formula is C15H21BrN2O2. The molecule has 2 N–H and O–H groups in total. The van der Waals surface area contributed by atoms with Crippen LogP contribution in [-0.4, -0.2) is 34.2 Å². The number of nitrogens with one attached hydrogen (secondary N) is 1. The Morgan fingerprint density at radius 3 is 2.70 bits per heavy atom. The molecule has 1 aromatic carbocycles. The zero-order valence-electron chi connectivity index (χ0n) is 11.9. The summed E-state index contributed by atoms with van der Waals surface area (Å²) in [6.45, 7) is 4.73. The van der Waals surface area contributed by atoms with E-state index < -0.39 is 5.60 Å². The molecule has 1 aromatic rings. The molecule has 1 fully saturated rings.